The fourth-order valence-electron chi connectivity index (χ4n) is 2.65. The maximum Gasteiger partial charge on any atom is 0.0524 e. The van der Waals surface area contributed by atoms with Crippen LogP contribution in [0, 0.1) is 5.92 Å². The second-order valence-corrected chi connectivity index (χ2v) is 5.11. The SMILES string of the molecule is CCn1nccc1CN1CCC(C(C)N)CC1.Cl. The molecule has 1 aromatic heterocycles. The topological polar surface area (TPSA) is 47.1 Å². The Kier molecular flexibility index (Phi) is 6.12. The lowest BCUT2D eigenvalue weighted by Crippen LogP contribution is -2.39. The van der Waals surface area contributed by atoms with Crippen molar-refractivity contribution in [3.05, 3.63) is 18.0 Å². The number of aryl methyl sites for hydroxylation is 1. The summed E-state index contributed by atoms with van der Waals surface area (Å²) in [4.78, 5) is 2.52. The van der Waals surface area contributed by atoms with E-state index in [1.165, 1.54) is 31.6 Å². The highest BCUT2D eigenvalue weighted by Crippen LogP contribution is 2.20. The zero-order chi connectivity index (χ0) is 12.3. The zero-order valence-electron chi connectivity index (χ0n) is 11.4. The van der Waals surface area contributed by atoms with Crippen LogP contribution in [-0.4, -0.2) is 33.8 Å². The van der Waals surface area contributed by atoms with Crippen molar-refractivity contribution in [2.24, 2.45) is 11.7 Å². The van der Waals surface area contributed by atoms with Crippen molar-refractivity contribution in [3.63, 3.8) is 0 Å². The molecule has 2 heterocycles. The largest absolute Gasteiger partial charge is 0.328 e. The fraction of sp³-hybridized carbons (Fsp3) is 0.769. The Hall–Kier alpha value is -0.580. The number of likely N-dealkylation sites (tertiary alicyclic amines) is 1. The molecule has 2 N–H and O–H groups in total. The molecular formula is C13H25ClN4. The highest BCUT2D eigenvalue weighted by Gasteiger charge is 2.22. The molecule has 1 aliphatic rings. The van der Waals surface area contributed by atoms with Crippen molar-refractivity contribution in [1.82, 2.24) is 14.7 Å². The minimum Gasteiger partial charge on any atom is -0.328 e. The van der Waals surface area contributed by atoms with E-state index in [-0.39, 0.29) is 12.4 Å². The Morgan fingerprint density at radius 1 is 1.44 bits per heavy atom. The number of nitrogens with zero attached hydrogens (tertiary/aromatic N) is 3. The molecule has 1 saturated heterocycles. The molecular weight excluding hydrogens is 248 g/mol. The van der Waals surface area contributed by atoms with Gasteiger partial charge in [-0.1, -0.05) is 0 Å². The first-order chi connectivity index (χ1) is 8.20. The van der Waals surface area contributed by atoms with Crippen LogP contribution < -0.4 is 5.73 Å². The monoisotopic (exact) mass is 272 g/mol. The van der Waals surface area contributed by atoms with Gasteiger partial charge in [-0.25, -0.2) is 0 Å². The van der Waals surface area contributed by atoms with Crippen LogP contribution in [-0.2, 0) is 13.1 Å². The molecule has 104 valence electrons. The van der Waals surface area contributed by atoms with Gasteiger partial charge in [0.2, 0.25) is 0 Å². The third-order valence-corrected chi connectivity index (χ3v) is 3.87. The van der Waals surface area contributed by atoms with Gasteiger partial charge in [-0.05, 0) is 51.8 Å². The van der Waals surface area contributed by atoms with Gasteiger partial charge in [0.05, 0.1) is 5.69 Å². The highest BCUT2D eigenvalue weighted by molar-refractivity contribution is 5.85. The second kappa shape index (κ2) is 7.12. The number of hydrogen-bond acceptors (Lipinski definition) is 3. The first-order valence-corrected chi connectivity index (χ1v) is 6.69. The summed E-state index contributed by atoms with van der Waals surface area (Å²) in [6.07, 6.45) is 4.36. The summed E-state index contributed by atoms with van der Waals surface area (Å²) in [5, 5.41) is 4.31. The smallest absolute Gasteiger partial charge is 0.0524 e. The maximum atomic E-state index is 5.96. The average molecular weight is 273 g/mol. The van der Waals surface area contributed by atoms with E-state index >= 15 is 0 Å². The van der Waals surface area contributed by atoms with Gasteiger partial charge in [0, 0.05) is 25.3 Å². The molecule has 18 heavy (non-hydrogen) atoms. The van der Waals surface area contributed by atoms with Crippen molar-refractivity contribution >= 4 is 12.4 Å². The Labute approximate surface area is 116 Å². The van der Waals surface area contributed by atoms with Crippen LogP contribution in [0.25, 0.3) is 0 Å². The lowest BCUT2D eigenvalue weighted by molar-refractivity contribution is 0.162. The number of piperidine rings is 1. The molecule has 1 aliphatic heterocycles. The van der Waals surface area contributed by atoms with Crippen LogP contribution in [0.1, 0.15) is 32.4 Å². The molecule has 5 heteroatoms. The maximum absolute atomic E-state index is 5.96. The molecule has 0 spiro atoms. The normalized spacial score (nSPS) is 19.5. The molecule has 4 nitrogen and oxygen atoms in total. The van der Waals surface area contributed by atoms with E-state index in [1.54, 1.807) is 0 Å². The first kappa shape index (κ1) is 15.5. The number of halogens is 1. The molecule has 1 unspecified atom stereocenters. The Morgan fingerprint density at radius 2 is 2.11 bits per heavy atom. The van der Waals surface area contributed by atoms with E-state index in [2.05, 4.69) is 34.6 Å². The summed E-state index contributed by atoms with van der Waals surface area (Å²) in [5.74, 6) is 0.710. The van der Waals surface area contributed by atoms with E-state index < -0.39 is 0 Å². The van der Waals surface area contributed by atoms with Crippen molar-refractivity contribution < 1.29 is 0 Å². The standard InChI is InChI=1S/C13H24N4.ClH/c1-3-17-13(4-7-15-17)10-16-8-5-12(6-9-16)11(2)14;/h4,7,11-12H,3,5-6,8-10,14H2,1-2H3;1H. The van der Waals surface area contributed by atoms with Gasteiger partial charge in [-0.2, -0.15) is 5.10 Å². The molecule has 0 aromatic carbocycles. The third-order valence-electron chi connectivity index (χ3n) is 3.87. The Balaban J connectivity index is 0.00000162. The van der Waals surface area contributed by atoms with Gasteiger partial charge in [-0.3, -0.25) is 9.58 Å². The van der Waals surface area contributed by atoms with E-state index in [4.69, 9.17) is 5.73 Å². The van der Waals surface area contributed by atoms with Crippen LogP contribution in [0.15, 0.2) is 12.3 Å². The number of rotatable bonds is 4. The minimum atomic E-state index is 0. The van der Waals surface area contributed by atoms with Crippen molar-refractivity contribution in [3.8, 4) is 0 Å². The van der Waals surface area contributed by atoms with Gasteiger partial charge in [-0.15, -0.1) is 12.4 Å². The van der Waals surface area contributed by atoms with E-state index in [0.29, 0.717) is 12.0 Å². The molecule has 1 fully saturated rings. The average Bonchev–Trinajstić information content (AvgIpc) is 2.77. The second-order valence-electron chi connectivity index (χ2n) is 5.11. The van der Waals surface area contributed by atoms with Gasteiger partial charge in [0.15, 0.2) is 0 Å². The minimum absolute atomic E-state index is 0. The predicted octanol–water partition coefficient (Wildman–Crippen LogP) is 1.88. The zero-order valence-corrected chi connectivity index (χ0v) is 12.2. The molecule has 0 bridgehead atoms. The van der Waals surface area contributed by atoms with Crippen LogP contribution in [0.4, 0.5) is 0 Å². The molecule has 1 atom stereocenters. The van der Waals surface area contributed by atoms with Crippen molar-refractivity contribution in [1.29, 1.82) is 0 Å². The predicted molar refractivity (Wildman–Crippen MR) is 76.8 cm³/mol. The summed E-state index contributed by atoms with van der Waals surface area (Å²) in [5.41, 5.74) is 7.29. The molecule has 0 saturated carbocycles. The summed E-state index contributed by atoms with van der Waals surface area (Å²) in [7, 11) is 0. The lowest BCUT2D eigenvalue weighted by Gasteiger charge is -2.33. The molecule has 0 radical (unpaired) electrons. The first-order valence-electron chi connectivity index (χ1n) is 6.69. The van der Waals surface area contributed by atoms with E-state index in [1.807, 2.05) is 6.20 Å². The van der Waals surface area contributed by atoms with Crippen LogP contribution in [0.5, 0.6) is 0 Å². The number of nitrogens with two attached hydrogens (primary N) is 1. The lowest BCUT2D eigenvalue weighted by atomic mass is 9.91. The Morgan fingerprint density at radius 3 is 2.67 bits per heavy atom. The van der Waals surface area contributed by atoms with Crippen LogP contribution >= 0.6 is 12.4 Å². The molecule has 0 amide bonds. The molecule has 0 aliphatic carbocycles. The van der Waals surface area contributed by atoms with Crippen molar-refractivity contribution in [2.45, 2.75) is 45.8 Å². The third kappa shape index (κ3) is 3.70. The van der Waals surface area contributed by atoms with E-state index in [0.717, 1.165) is 13.1 Å². The number of hydrogen-bond donors (Lipinski definition) is 1. The van der Waals surface area contributed by atoms with Gasteiger partial charge in [0.25, 0.3) is 0 Å². The van der Waals surface area contributed by atoms with Gasteiger partial charge >= 0.3 is 0 Å². The van der Waals surface area contributed by atoms with Gasteiger partial charge in [0.1, 0.15) is 0 Å². The van der Waals surface area contributed by atoms with E-state index in [9.17, 15) is 0 Å². The van der Waals surface area contributed by atoms with Gasteiger partial charge < -0.3 is 5.73 Å². The summed E-state index contributed by atoms with van der Waals surface area (Å²) in [6.45, 7) is 8.59. The molecule has 1 aromatic rings. The number of aromatic nitrogens is 2. The van der Waals surface area contributed by atoms with Crippen LogP contribution in [0.2, 0.25) is 0 Å². The van der Waals surface area contributed by atoms with Crippen LogP contribution in [0.3, 0.4) is 0 Å². The van der Waals surface area contributed by atoms with Crippen molar-refractivity contribution in [2.75, 3.05) is 13.1 Å². The summed E-state index contributed by atoms with van der Waals surface area (Å²) < 4.78 is 2.08. The summed E-state index contributed by atoms with van der Waals surface area (Å²) >= 11 is 0. The molecule has 2 rings (SSSR count). The highest BCUT2D eigenvalue weighted by atomic mass is 35.5. The summed E-state index contributed by atoms with van der Waals surface area (Å²) in [6, 6.07) is 2.47. The Bertz CT molecular complexity index is 343. The quantitative estimate of drug-likeness (QED) is 0.911. The fourth-order valence-corrected chi connectivity index (χ4v) is 2.65.